The summed E-state index contributed by atoms with van der Waals surface area (Å²) in [4.78, 5) is 34.7. The molecule has 1 aromatic heterocycles. The molecule has 1 heterocycles. The summed E-state index contributed by atoms with van der Waals surface area (Å²) in [6, 6.07) is -0.485. The van der Waals surface area contributed by atoms with Gasteiger partial charge in [0.1, 0.15) is 11.6 Å². The van der Waals surface area contributed by atoms with E-state index in [1.54, 1.807) is 18.1 Å². The molecule has 6 heteroatoms. The van der Waals surface area contributed by atoms with Gasteiger partial charge in [-0.05, 0) is 111 Å². The predicted octanol–water partition coefficient (Wildman–Crippen LogP) is 9.65. The molecule has 5 rings (SSSR count). The van der Waals surface area contributed by atoms with Crippen molar-refractivity contribution in [2.75, 3.05) is 0 Å². The Morgan fingerprint density at radius 1 is 1.06 bits per heavy atom. The number of rotatable bonds is 15. The molecule has 2 N–H and O–H groups in total. The maximum absolute atomic E-state index is 13.9. The first-order chi connectivity index (χ1) is 22.8. The van der Waals surface area contributed by atoms with Crippen LogP contribution in [0.2, 0.25) is 0 Å². The molecule has 0 aliphatic heterocycles. The molecular formula is C42H69N3O3. The van der Waals surface area contributed by atoms with Crippen LogP contribution in [0.15, 0.2) is 24.2 Å². The molecule has 4 aliphatic rings. The molecule has 270 valence electrons. The van der Waals surface area contributed by atoms with Crippen LogP contribution in [0.5, 0.6) is 0 Å². The van der Waals surface area contributed by atoms with E-state index >= 15 is 0 Å². The Balaban J connectivity index is 1.24. The number of Topliss-reactive ketones (excluding diaryl/α,β-unsaturated/α-hetero) is 1. The largest absolute Gasteiger partial charge is 0.461 e. The van der Waals surface area contributed by atoms with Crippen LogP contribution in [-0.2, 0) is 20.7 Å². The van der Waals surface area contributed by atoms with Gasteiger partial charge in [0.05, 0.1) is 12.4 Å². The van der Waals surface area contributed by atoms with Crippen molar-refractivity contribution in [3.05, 3.63) is 29.9 Å². The van der Waals surface area contributed by atoms with Crippen LogP contribution in [-0.4, -0.2) is 39.4 Å². The third kappa shape index (κ3) is 7.40. The number of allylic oxidation sites excluding steroid dienone is 1. The first kappa shape index (κ1) is 37.3. The Kier molecular flexibility index (Phi) is 11.7. The molecule has 3 saturated carbocycles. The zero-order valence-electron chi connectivity index (χ0n) is 32.0. The van der Waals surface area contributed by atoms with Gasteiger partial charge in [0.15, 0.2) is 5.78 Å². The van der Waals surface area contributed by atoms with Crippen LogP contribution >= 0.6 is 0 Å². The normalized spacial score (nSPS) is 34.6. The molecule has 0 saturated heterocycles. The van der Waals surface area contributed by atoms with Crippen molar-refractivity contribution in [1.82, 2.24) is 15.3 Å². The lowest BCUT2D eigenvalue weighted by Crippen LogP contribution is -2.58. The van der Waals surface area contributed by atoms with Crippen LogP contribution in [0.3, 0.4) is 0 Å². The lowest BCUT2D eigenvalue weighted by Gasteiger charge is -2.58. The van der Waals surface area contributed by atoms with Crippen molar-refractivity contribution < 1.29 is 14.3 Å². The number of H-pyrrole nitrogens is 1. The summed E-state index contributed by atoms with van der Waals surface area (Å²) in [6.45, 7) is 20.4. The summed E-state index contributed by atoms with van der Waals surface area (Å²) in [7, 11) is 0. The van der Waals surface area contributed by atoms with Gasteiger partial charge >= 0.3 is 5.97 Å². The zero-order valence-corrected chi connectivity index (χ0v) is 32.0. The number of esters is 1. The van der Waals surface area contributed by atoms with Crippen LogP contribution < -0.4 is 5.32 Å². The van der Waals surface area contributed by atoms with Gasteiger partial charge in [0.2, 0.25) is 0 Å². The number of carbonyl (C=O) groups excluding carboxylic acids is 2. The van der Waals surface area contributed by atoms with Crippen LogP contribution in [0.25, 0.3) is 0 Å². The Labute approximate surface area is 292 Å². The molecule has 11 unspecified atom stereocenters. The monoisotopic (exact) mass is 664 g/mol. The summed E-state index contributed by atoms with van der Waals surface area (Å²) in [5, 5.41) is 3.49. The van der Waals surface area contributed by atoms with Gasteiger partial charge in [-0.15, -0.1) is 0 Å². The van der Waals surface area contributed by atoms with Crippen LogP contribution in [0.4, 0.5) is 0 Å². The minimum Gasteiger partial charge on any atom is -0.461 e. The SMILES string of the molecule is CCC(C)C(=O)C(Cc1cnc[nH]1)NC(C)(CC)C(=O)OC1CCC2(C)C(=CCC3C2CCC2(C)C(C(C)CCCC(C)C)CCC32)C1. The molecule has 11 atom stereocenters. The quantitative estimate of drug-likeness (QED) is 0.144. The third-order valence-electron chi connectivity index (χ3n) is 14.6. The van der Waals surface area contributed by atoms with Crippen molar-refractivity contribution in [2.24, 2.45) is 52.3 Å². The second-order valence-corrected chi connectivity index (χ2v) is 17.9. The highest BCUT2D eigenvalue weighted by Crippen LogP contribution is 2.67. The van der Waals surface area contributed by atoms with Crippen molar-refractivity contribution in [3.8, 4) is 0 Å². The van der Waals surface area contributed by atoms with E-state index in [0.29, 0.717) is 18.3 Å². The number of fused-ring (bicyclic) bond motifs is 5. The number of ether oxygens (including phenoxy) is 1. The fourth-order valence-electron chi connectivity index (χ4n) is 11.1. The van der Waals surface area contributed by atoms with Crippen molar-refractivity contribution in [1.29, 1.82) is 0 Å². The third-order valence-corrected chi connectivity index (χ3v) is 14.6. The molecular weight excluding hydrogens is 594 g/mol. The maximum Gasteiger partial charge on any atom is 0.326 e. The highest BCUT2D eigenvalue weighted by Gasteiger charge is 2.59. The van der Waals surface area contributed by atoms with Crippen LogP contribution in [0, 0.1) is 52.3 Å². The van der Waals surface area contributed by atoms with Crippen molar-refractivity contribution >= 4 is 11.8 Å². The molecule has 0 radical (unpaired) electrons. The molecule has 4 aliphatic carbocycles. The summed E-state index contributed by atoms with van der Waals surface area (Å²) >= 11 is 0. The molecule has 0 bridgehead atoms. The number of ketones is 1. The van der Waals surface area contributed by atoms with Gasteiger partial charge in [-0.2, -0.15) is 0 Å². The smallest absolute Gasteiger partial charge is 0.326 e. The minimum absolute atomic E-state index is 0.0912. The van der Waals surface area contributed by atoms with Gasteiger partial charge in [-0.1, -0.05) is 86.3 Å². The molecule has 0 amide bonds. The van der Waals surface area contributed by atoms with Gasteiger partial charge < -0.3 is 9.72 Å². The molecule has 6 nitrogen and oxygen atoms in total. The van der Waals surface area contributed by atoms with Gasteiger partial charge in [-0.25, -0.2) is 4.98 Å². The summed E-state index contributed by atoms with van der Waals surface area (Å²) in [5.74, 6) is 4.74. The number of hydrogen-bond acceptors (Lipinski definition) is 5. The first-order valence-corrected chi connectivity index (χ1v) is 19.9. The maximum atomic E-state index is 13.9. The van der Waals surface area contributed by atoms with Gasteiger partial charge in [0.25, 0.3) is 0 Å². The highest BCUT2D eigenvalue weighted by molar-refractivity contribution is 5.88. The van der Waals surface area contributed by atoms with Crippen molar-refractivity contribution in [3.63, 3.8) is 0 Å². The fourth-order valence-corrected chi connectivity index (χ4v) is 11.1. The second kappa shape index (κ2) is 15.1. The Morgan fingerprint density at radius 3 is 2.50 bits per heavy atom. The number of aromatic nitrogens is 2. The predicted molar refractivity (Wildman–Crippen MR) is 195 cm³/mol. The molecule has 0 spiro atoms. The Morgan fingerprint density at radius 2 is 1.83 bits per heavy atom. The van der Waals surface area contributed by atoms with E-state index in [0.717, 1.165) is 66.9 Å². The Bertz CT molecular complexity index is 1270. The average Bonchev–Trinajstić information content (AvgIpc) is 3.70. The van der Waals surface area contributed by atoms with E-state index in [1.165, 1.54) is 51.4 Å². The van der Waals surface area contributed by atoms with Crippen LogP contribution in [0.1, 0.15) is 151 Å². The van der Waals surface area contributed by atoms with Crippen molar-refractivity contribution in [2.45, 2.75) is 170 Å². The fraction of sp³-hybridized carbons (Fsp3) is 0.833. The number of imidazole rings is 1. The zero-order chi connectivity index (χ0) is 34.9. The number of carbonyl (C=O) groups is 2. The lowest BCUT2D eigenvalue weighted by molar-refractivity contribution is -0.159. The van der Waals surface area contributed by atoms with E-state index in [1.807, 2.05) is 27.7 Å². The Hall–Kier alpha value is -1.95. The van der Waals surface area contributed by atoms with E-state index in [-0.39, 0.29) is 29.2 Å². The van der Waals surface area contributed by atoms with Gasteiger partial charge in [-0.3, -0.25) is 14.9 Å². The van der Waals surface area contributed by atoms with Gasteiger partial charge in [0, 0.05) is 30.7 Å². The average molecular weight is 664 g/mol. The molecule has 3 fully saturated rings. The number of nitrogens with zero attached hydrogens (tertiary/aromatic N) is 1. The standard InChI is InChI=1S/C42H69N3O3/c1-10-28(5)38(46)37(24-31-25-43-26-44-31)45-42(9,11-2)39(47)48-32-19-21-40(7)30(23-32)15-16-33-35-18-17-34(29(6)14-12-13-27(3)4)41(35,8)22-20-36(33)40/h15,25-29,32-37,45H,10-14,16-24H2,1-9H3,(H,43,44). The van der Waals surface area contributed by atoms with E-state index in [2.05, 4.69) is 56.0 Å². The van der Waals surface area contributed by atoms with E-state index in [9.17, 15) is 9.59 Å². The summed E-state index contributed by atoms with van der Waals surface area (Å²) in [6.07, 6.45) is 21.5. The summed E-state index contributed by atoms with van der Waals surface area (Å²) in [5.41, 5.74) is 2.20. The molecule has 1 aromatic rings. The number of aromatic amines is 1. The molecule has 48 heavy (non-hydrogen) atoms. The number of nitrogens with one attached hydrogen (secondary N) is 2. The van der Waals surface area contributed by atoms with E-state index in [4.69, 9.17) is 4.74 Å². The van der Waals surface area contributed by atoms with E-state index < -0.39 is 11.6 Å². The second-order valence-electron chi connectivity index (χ2n) is 17.9. The highest BCUT2D eigenvalue weighted by atomic mass is 16.5. The first-order valence-electron chi connectivity index (χ1n) is 19.9. The molecule has 0 aromatic carbocycles. The number of hydrogen-bond donors (Lipinski definition) is 2. The minimum atomic E-state index is -0.945. The lowest BCUT2D eigenvalue weighted by atomic mass is 9.47. The summed E-state index contributed by atoms with van der Waals surface area (Å²) < 4.78 is 6.38. The topological polar surface area (TPSA) is 84.1 Å².